The molecule has 0 fully saturated rings. The van der Waals surface area contributed by atoms with Crippen LogP contribution in [0.3, 0.4) is 0 Å². The van der Waals surface area contributed by atoms with Gasteiger partial charge >= 0.3 is 5.97 Å². The fraction of sp³-hybridized carbons (Fsp3) is 0.417. The Kier molecular flexibility index (Phi) is 4.04. The number of hydrogen-bond acceptors (Lipinski definition) is 4. The van der Waals surface area contributed by atoms with Crippen LogP contribution in [-0.4, -0.2) is 11.6 Å². The van der Waals surface area contributed by atoms with E-state index in [0.717, 1.165) is 5.56 Å². The van der Waals surface area contributed by atoms with Crippen LogP contribution >= 0.6 is 0 Å². The molecule has 1 aromatic rings. The summed E-state index contributed by atoms with van der Waals surface area (Å²) >= 11 is 0. The SMILES string of the molecule is Cc1cccc(C(=O)OOOC(C)(C)C)c1. The average Bonchev–Trinajstić information content (AvgIpc) is 2.15. The molecule has 0 saturated heterocycles. The second kappa shape index (κ2) is 5.09. The first-order valence-electron chi connectivity index (χ1n) is 5.02. The molecular formula is C12H16O4. The minimum Gasteiger partial charge on any atom is -0.263 e. The molecule has 0 aromatic heterocycles. The first-order chi connectivity index (χ1) is 7.38. The van der Waals surface area contributed by atoms with Crippen molar-refractivity contribution in [1.29, 1.82) is 0 Å². The summed E-state index contributed by atoms with van der Waals surface area (Å²) in [6.07, 6.45) is 0. The third-order valence-corrected chi connectivity index (χ3v) is 1.65. The minimum absolute atomic E-state index is 0.428. The zero-order chi connectivity index (χ0) is 12.2. The molecule has 0 unspecified atom stereocenters. The molecule has 0 radical (unpaired) electrons. The fourth-order valence-corrected chi connectivity index (χ4v) is 0.970. The van der Waals surface area contributed by atoms with E-state index in [2.05, 4.69) is 9.93 Å². The summed E-state index contributed by atoms with van der Waals surface area (Å²) in [5, 5.41) is 4.40. The standard InChI is InChI=1S/C12H16O4/c1-9-6-5-7-10(8-9)11(13)14-16-15-12(2,3)4/h5-8H,1-4H3. The van der Waals surface area contributed by atoms with Gasteiger partial charge < -0.3 is 0 Å². The van der Waals surface area contributed by atoms with Gasteiger partial charge in [0.2, 0.25) is 0 Å². The largest absolute Gasteiger partial charge is 0.376 e. The Morgan fingerprint density at radius 1 is 1.25 bits per heavy atom. The summed E-state index contributed by atoms with van der Waals surface area (Å²) in [7, 11) is 0. The highest BCUT2D eigenvalue weighted by atomic mass is 17.5. The van der Waals surface area contributed by atoms with Crippen molar-refractivity contribution in [1.82, 2.24) is 0 Å². The third-order valence-electron chi connectivity index (χ3n) is 1.65. The maximum atomic E-state index is 11.5. The number of hydrogen-bond donors (Lipinski definition) is 0. The molecular weight excluding hydrogens is 208 g/mol. The van der Waals surface area contributed by atoms with Crippen LogP contribution in [0.1, 0.15) is 36.7 Å². The predicted octanol–water partition coefficient (Wildman–Crippen LogP) is 2.81. The molecule has 0 aliphatic rings. The normalized spacial score (nSPS) is 11.2. The van der Waals surface area contributed by atoms with Crippen LogP contribution < -0.4 is 0 Å². The maximum Gasteiger partial charge on any atom is 0.376 e. The lowest BCUT2D eigenvalue weighted by Crippen LogP contribution is -2.20. The van der Waals surface area contributed by atoms with Crippen molar-refractivity contribution in [2.75, 3.05) is 0 Å². The van der Waals surface area contributed by atoms with Crippen LogP contribution in [0.15, 0.2) is 24.3 Å². The van der Waals surface area contributed by atoms with Gasteiger partial charge in [-0.3, -0.25) is 4.89 Å². The molecule has 0 amide bonds. The van der Waals surface area contributed by atoms with Crippen molar-refractivity contribution in [3.63, 3.8) is 0 Å². The Balaban J connectivity index is 2.47. The molecule has 0 spiro atoms. The van der Waals surface area contributed by atoms with Crippen molar-refractivity contribution < 1.29 is 19.6 Å². The number of benzene rings is 1. The highest BCUT2D eigenvalue weighted by Gasteiger charge is 2.15. The lowest BCUT2D eigenvalue weighted by atomic mass is 10.1. The molecule has 0 aliphatic carbocycles. The van der Waals surface area contributed by atoms with Gasteiger partial charge in [-0.05, 0) is 44.9 Å². The molecule has 4 nitrogen and oxygen atoms in total. The van der Waals surface area contributed by atoms with E-state index in [1.54, 1.807) is 39.0 Å². The smallest absolute Gasteiger partial charge is 0.263 e. The second-order valence-electron chi connectivity index (χ2n) is 4.50. The summed E-state index contributed by atoms with van der Waals surface area (Å²) in [5.74, 6) is -0.576. The van der Waals surface area contributed by atoms with Gasteiger partial charge in [-0.2, -0.15) is 4.89 Å². The zero-order valence-electron chi connectivity index (χ0n) is 9.94. The van der Waals surface area contributed by atoms with Gasteiger partial charge in [0.25, 0.3) is 0 Å². The Bertz CT molecular complexity index is 366. The predicted molar refractivity (Wildman–Crippen MR) is 58.5 cm³/mol. The van der Waals surface area contributed by atoms with Gasteiger partial charge in [0.15, 0.2) is 0 Å². The second-order valence-corrected chi connectivity index (χ2v) is 4.50. The van der Waals surface area contributed by atoms with Gasteiger partial charge in [0.1, 0.15) is 0 Å². The van der Waals surface area contributed by atoms with Crippen LogP contribution in [-0.2, 0) is 14.8 Å². The van der Waals surface area contributed by atoms with Crippen LogP contribution in [0, 0.1) is 6.92 Å². The van der Waals surface area contributed by atoms with E-state index in [4.69, 9.17) is 4.89 Å². The van der Waals surface area contributed by atoms with E-state index in [1.165, 1.54) is 0 Å². The zero-order valence-corrected chi connectivity index (χ0v) is 9.94. The van der Waals surface area contributed by atoms with Crippen molar-refractivity contribution in [2.24, 2.45) is 0 Å². The summed E-state index contributed by atoms with van der Waals surface area (Å²) in [6, 6.07) is 7.03. The first kappa shape index (κ1) is 12.7. The van der Waals surface area contributed by atoms with E-state index in [1.807, 2.05) is 13.0 Å². The Morgan fingerprint density at radius 2 is 1.94 bits per heavy atom. The molecule has 1 aromatic carbocycles. The lowest BCUT2D eigenvalue weighted by molar-refractivity contribution is -0.510. The van der Waals surface area contributed by atoms with Crippen molar-refractivity contribution in [3.05, 3.63) is 35.4 Å². The number of carbonyl (C=O) groups is 1. The van der Waals surface area contributed by atoms with Crippen LogP contribution in [0.25, 0.3) is 0 Å². The summed E-state index contributed by atoms with van der Waals surface area (Å²) in [6.45, 7) is 7.25. The van der Waals surface area contributed by atoms with Gasteiger partial charge in [0, 0.05) is 0 Å². The molecule has 1 rings (SSSR count). The molecule has 0 atom stereocenters. The highest BCUT2D eigenvalue weighted by Crippen LogP contribution is 2.09. The Morgan fingerprint density at radius 3 is 2.50 bits per heavy atom. The van der Waals surface area contributed by atoms with Crippen molar-refractivity contribution >= 4 is 5.97 Å². The molecule has 0 saturated carbocycles. The molecule has 16 heavy (non-hydrogen) atoms. The Hall–Kier alpha value is -1.39. The number of aryl methyl sites for hydroxylation is 1. The molecule has 0 heterocycles. The van der Waals surface area contributed by atoms with Gasteiger partial charge in [-0.25, -0.2) is 4.79 Å². The fourth-order valence-electron chi connectivity index (χ4n) is 0.970. The molecule has 0 bridgehead atoms. The minimum atomic E-state index is -0.576. The van der Waals surface area contributed by atoms with Crippen molar-refractivity contribution in [3.8, 4) is 0 Å². The molecule has 4 heteroatoms. The van der Waals surface area contributed by atoms with Crippen LogP contribution in [0.4, 0.5) is 0 Å². The third kappa shape index (κ3) is 4.42. The quantitative estimate of drug-likeness (QED) is 0.585. The average molecular weight is 224 g/mol. The van der Waals surface area contributed by atoms with E-state index in [0.29, 0.717) is 5.56 Å². The summed E-state index contributed by atoms with van der Waals surface area (Å²) in [5.41, 5.74) is 0.885. The van der Waals surface area contributed by atoms with E-state index in [9.17, 15) is 4.79 Å². The van der Waals surface area contributed by atoms with E-state index in [-0.39, 0.29) is 0 Å². The molecule has 0 aliphatic heterocycles. The number of carbonyl (C=O) groups excluding carboxylic acids is 1. The monoisotopic (exact) mass is 224 g/mol. The van der Waals surface area contributed by atoms with Crippen molar-refractivity contribution in [2.45, 2.75) is 33.3 Å². The highest BCUT2D eigenvalue weighted by molar-refractivity contribution is 5.89. The topological polar surface area (TPSA) is 44.8 Å². The van der Waals surface area contributed by atoms with Gasteiger partial charge in [-0.1, -0.05) is 17.7 Å². The Labute approximate surface area is 95.0 Å². The summed E-state index contributed by atoms with van der Waals surface area (Å²) in [4.78, 5) is 20.8. The lowest BCUT2D eigenvalue weighted by Gasteiger charge is -2.15. The maximum absolute atomic E-state index is 11.5. The van der Waals surface area contributed by atoms with Crippen LogP contribution in [0.2, 0.25) is 0 Å². The van der Waals surface area contributed by atoms with Gasteiger partial charge in [-0.15, -0.1) is 0 Å². The van der Waals surface area contributed by atoms with E-state index >= 15 is 0 Å². The first-order valence-corrected chi connectivity index (χ1v) is 5.02. The number of rotatable bonds is 3. The molecule has 0 N–H and O–H groups in total. The van der Waals surface area contributed by atoms with E-state index < -0.39 is 11.6 Å². The van der Waals surface area contributed by atoms with Gasteiger partial charge in [0.05, 0.1) is 11.2 Å². The molecule has 88 valence electrons. The summed E-state index contributed by atoms with van der Waals surface area (Å²) < 4.78 is 0. The van der Waals surface area contributed by atoms with Crippen LogP contribution in [0.5, 0.6) is 0 Å².